The zero-order chi connectivity index (χ0) is 16.9. The molecule has 120 valence electrons. The SMILES string of the molecule is COCCc1ccc(Oc2cc(C#N)c3cc(Cl)ccc3n2)cc1. The maximum absolute atomic E-state index is 9.35. The van der Waals surface area contributed by atoms with E-state index in [9.17, 15) is 5.26 Å². The van der Waals surface area contributed by atoms with E-state index >= 15 is 0 Å². The number of nitriles is 1. The third-order valence-electron chi connectivity index (χ3n) is 3.61. The van der Waals surface area contributed by atoms with Crippen molar-refractivity contribution in [2.24, 2.45) is 0 Å². The van der Waals surface area contributed by atoms with Gasteiger partial charge in [-0.05, 0) is 42.3 Å². The minimum Gasteiger partial charge on any atom is -0.439 e. The van der Waals surface area contributed by atoms with Gasteiger partial charge in [0.05, 0.1) is 17.7 Å². The Kier molecular flexibility index (Phi) is 4.95. The molecular weight excluding hydrogens is 324 g/mol. The molecule has 0 bridgehead atoms. The molecule has 24 heavy (non-hydrogen) atoms. The minimum absolute atomic E-state index is 0.381. The van der Waals surface area contributed by atoms with Gasteiger partial charge >= 0.3 is 0 Å². The van der Waals surface area contributed by atoms with Gasteiger partial charge in [0.15, 0.2) is 0 Å². The van der Waals surface area contributed by atoms with E-state index in [0.29, 0.717) is 39.7 Å². The zero-order valence-electron chi connectivity index (χ0n) is 13.1. The van der Waals surface area contributed by atoms with Crippen molar-refractivity contribution < 1.29 is 9.47 Å². The molecule has 2 aromatic carbocycles. The number of fused-ring (bicyclic) bond motifs is 1. The van der Waals surface area contributed by atoms with Crippen molar-refractivity contribution in [3.05, 3.63) is 64.7 Å². The van der Waals surface area contributed by atoms with Crippen LogP contribution in [0.15, 0.2) is 48.5 Å². The first kappa shape index (κ1) is 16.3. The van der Waals surface area contributed by atoms with Crippen molar-refractivity contribution in [2.45, 2.75) is 6.42 Å². The number of pyridine rings is 1. The molecule has 0 spiro atoms. The van der Waals surface area contributed by atoms with E-state index in [1.807, 2.05) is 24.3 Å². The number of benzene rings is 2. The number of hydrogen-bond acceptors (Lipinski definition) is 4. The van der Waals surface area contributed by atoms with Crippen LogP contribution in [0, 0.1) is 11.3 Å². The molecule has 1 heterocycles. The molecular formula is C19H15ClN2O2. The minimum atomic E-state index is 0.381. The molecule has 0 saturated carbocycles. The summed E-state index contributed by atoms with van der Waals surface area (Å²) < 4.78 is 10.9. The summed E-state index contributed by atoms with van der Waals surface area (Å²) in [5, 5.41) is 10.6. The zero-order valence-corrected chi connectivity index (χ0v) is 13.9. The largest absolute Gasteiger partial charge is 0.439 e. The second-order valence-electron chi connectivity index (χ2n) is 5.27. The first-order valence-corrected chi connectivity index (χ1v) is 7.83. The van der Waals surface area contributed by atoms with Gasteiger partial charge in [-0.15, -0.1) is 0 Å². The molecule has 0 radical (unpaired) electrons. The summed E-state index contributed by atoms with van der Waals surface area (Å²) in [5.41, 5.74) is 2.32. The number of aromatic nitrogens is 1. The normalized spacial score (nSPS) is 10.5. The van der Waals surface area contributed by atoms with Crippen molar-refractivity contribution in [1.82, 2.24) is 4.98 Å². The molecule has 0 fully saturated rings. The Bertz CT molecular complexity index is 902. The predicted octanol–water partition coefficient (Wildman–Crippen LogP) is 4.74. The first-order valence-electron chi connectivity index (χ1n) is 7.46. The third kappa shape index (κ3) is 3.65. The fourth-order valence-electron chi connectivity index (χ4n) is 2.38. The molecule has 0 aliphatic rings. The van der Waals surface area contributed by atoms with Crippen LogP contribution in [0.25, 0.3) is 10.9 Å². The van der Waals surface area contributed by atoms with Crippen molar-refractivity contribution in [3.8, 4) is 17.7 Å². The van der Waals surface area contributed by atoms with Crippen LogP contribution in [0.2, 0.25) is 5.02 Å². The average molecular weight is 339 g/mol. The molecule has 5 heteroatoms. The summed E-state index contributed by atoms with van der Waals surface area (Å²) >= 11 is 5.99. The highest BCUT2D eigenvalue weighted by atomic mass is 35.5. The average Bonchev–Trinajstić information content (AvgIpc) is 2.61. The summed E-state index contributed by atoms with van der Waals surface area (Å²) in [4.78, 5) is 4.44. The molecule has 0 aliphatic heterocycles. The highest BCUT2D eigenvalue weighted by molar-refractivity contribution is 6.31. The quantitative estimate of drug-likeness (QED) is 0.674. The molecule has 0 atom stereocenters. The van der Waals surface area contributed by atoms with E-state index in [0.717, 1.165) is 6.42 Å². The molecule has 0 amide bonds. The van der Waals surface area contributed by atoms with Crippen molar-refractivity contribution >= 4 is 22.5 Å². The van der Waals surface area contributed by atoms with Gasteiger partial charge in [0.25, 0.3) is 0 Å². The number of rotatable bonds is 5. The molecule has 1 aromatic heterocycles. The molecule has 0 aliphatic carbocycles. The number of hydrogen-bond donors (Lipinski definition) is 0. The Morgan fingerprint density at radius 2 is 1.92 bits per heavy atom. The highest BCUT2D eigenvalue weighted by Gasteiger charge is 2.08. The first-order chi connectivity index (χ1) is 11.7. The van der Waals surface area contributed by atoms with Gasteiger partial charge in [0.1, 0.15) is 11.8 Å². The van der Waals surface area contributed by atoms with E-state index in [4.69, 9.17) is 21.1 Å². The van der Waals surface area contributed by atoms with Gasteiger partial charge in [-0.25, -0.2) is 4.98 Å². The summed E-state index contributed by atoms with van der Waals surface area (Å²) in [6.07, 6.45) is 0.852. The van der Waals surface area contributed by atoms with Gasteiger partial charge in [-0.3, -0.25) is 0 Å². The van der Waals surface area contributed by atoms with E-state index in [1.54, 1.807) is 31.4 Å². The lowest BCUT2D eigenvalue weighted by Crippen LogP contribution is -1.95. The van der Waals surface area contributed by atoms with Gasteiger partial charge < -0.3 is 9.47 Å². The lowest BCUT2D eigenvalue weighted by molar-refractivity contribution is 0.202. The van der Waals surface area contributed by atoms with E-state index < -0.39 is 0 Å². The fraction of sp³-hybridized carbons (Fsp3) is 0.158. The number of halogens is 1. The van der Waals surface area contributed by atoms with Gasteiger partial charge in [-0.2, -0.15) is 5.26 Å². The van der Waals surface area contributed by atoms with Gasteiger partial charge in [0, 0.05) is 23.6 Å². The Morgan fingerprint density at radius 3 is 2.62 bits per heavy atom. The van der Waals surface area contributed by atoms with Crippen LogP contribution >= 0.6 is 11.6 Å². The maximum atomic E-state index is 9.35. The summed E-state index contributed by atoms with van der Waals surface area (Å²) in [7, 11) is 1.68. The molecule has 4 nitrogen and oxygen atoms in total. The van der Waals surface area contributed by atoms with Gasteiger partial charge in [-0.1, -0.05) is 23.7 Å². The Labute approximate surface area is 145 Å². The molecule has 0 N–H and O–H groups in total. The van der Waals surface area contributed by atoms with Crippen LogP contribution in [-0.2, 0) is 11.2 Å². The molecule has 3 rings (SSSR count). The summed E-state index contributed by atoms with van der Waals surface area (Å²) in [6, 6.07) is 16.8. The molecule has 0 unspecified atom stereocenters. The van der Waals surface area contributed by atoms with E-state index in [1.165, 1.54) is 5.56 Å². The summed E-state index contributed by atoms with van der Waals surface area (Å²) in [5.74, 6) is 1.05. The lowest BCUT2D eigenvalue weighted by atomic mass is 10.1. The van der Waals surface area contributed by atoms with Gasteiger partial charge in [0.2, 0.25) is 5.88 Å². The van der Waals surface area contributed by atoms with Crippen molar-refractivity contribution in [1.29, 1.82) is 5.26 Å². The smallest absolute Gasteiger partial charge is 0.221 e. The standard InChI is InChI=1S/C19H15ClN2O2/c1-23-9-8-13-2-5-16(6-3-13)24-19-10-14(12-21)17-11-15(20)4-7-18(17)22-19/h2-7,10-11H,8-9H2,1H3. The van der Waals surface area contributed by atoms with E-state index in [2.05, 4.69) is 11.1 Å². The van der Waals surface area contributed by atoms with Crippen LogP contribution in [-0.4, -0.2) is 18.7 Å². The lowest BCUT2D eigenvalue weighted by Gasteiger charge is -2.08. The Morgan fingerprint density at radius 1 is 1.12 bits per heavy atom. The van der Waals surface area contributed by atoms with Crippen LogP contribution in [0.1, 0.15) is 11.1 Å². The van der Waals surface area contributed by atoms with Crippen LogP contribution < -0.4 is 4.74 Å². The van der Waals surface area contributed by atoms with Crippen molar-refractivity contribution in [3.63, 3.8) is 0 Å². The Balaban J connectivity index is 1.87. The number of methoxy groups -OCH3 is 1. The third-order valence-corrected chi connectivity index (χ3v) is 3.84. The monoisotopic (exact) mass is 338 g/mol. The topological polar surface area (TPSA) is 55.1 Å². The second-order valence-corrected chi connectivity index (χ2v) is 5.71. The molecule has 0 saturated heterocycles. The second kappa shape index (κ2) is 7.31. The predicted molar refractivity (Wildman–Crippen MR) is 93.6 cm³/mol. The van der Waals surface area contributed by atoms with Crippen LogP contribution in [0.5, 0.6) is 11.6 Å². The summed E-state index contributed by atoms with van der Waals surface area (Å²) in [6.45, 7) is 0.681. The molecule has 3 aromatic rings. The Hall–Kier alpha value is -2.61. The number of ether oxygens (including phenoxy) is 2. The van der Waals surface area contributed by atoms with Crippen LogP contribution in [0.3, 0.4) is 0 Å². The maximum Gasteiger partial charge on any atom is 0.221 e. The number of nitrogens with zero attached hydrogens (tertiary/aromatic N) is 2. The van der Waals surface area contributed by atoms with Crippen molar-refractivity contribution in [2.75, 3.05) is 13.7 Å². The van der Waals surface area contributed by atoms with Crippen LogP contribution in [0.4, 0.5) is 0 Å². The highest BCUT2D eigenvalue weighted by Crippen LogP contribution is 2.27. The van der Waals surface area contributed by atoms with E-state index in [-0.39, 0.29) is 0 Å². The fourth-order valence-corrected chi connectivity index (χ4v) is 2.56.